The Morgan fingerprint density at radius 1 is 1.47 bits per heavy atom. The minimum atomic E-state index is -0.00663. The highest BCUT2D eigenvalue weighted by Gasteiger charge is 2.38. The number of hydrogen-bond donors (Lipinski definition) is 1. The lowest BCUT2D eigenvalue weighted by atomic mass is 10.0. The van der Waals surface area contributed by atoms with Gasteiger partial charge in [0.1, 0.15) is 0 Å². The fourth-order valence-corrected chi connectivity index (χ4v) is 2.97. The van der Waals surface area contributed by atoms with Gasteiger partial charge in [-0.25, -0.2) is 0 Å². The molecule has 2 aliphatic rings. The van der Waals surface area contributed by atoms with Crippen molar-refractivity contribution in [2.45, 2.75) is 25.8 Å². The quantitative estimate of drug-likeness (QED) is 0.763. The molecule has 1 amide bonds. The summed E-state index contributed by atoms with van der Waals surface area (Å²) in [5.74, 6) is 0.746. The molecule has 2 heterocycles. The number of likely N-dealkylation sites (tertiary alicyclic amines) is 1. The van der Waals surface area contributed by atoms with Gasteiger partial charge in [-0.15, -0.1) is 0 Å². The van der Waals surface area contributed by atoms with Gasteiger partial charge in [0.15, 0.2) is 0 Å². The maximum atomic E-state index is 12.5. The van der Waals surface area contributed by atoms with Crippen LogP contribution in [0.1, 0.15) is 19.8 Å². The summed E-state index contributed by atoms with van der Waals surface area (Å²) >= 11 is 0. The number of rotatable bonds is 6. The fourth-order valence-electron chi connectivity index (χ4n) is 2.97. The second-order valence-electron chi connectivity index (χ2n) is 5.60. The molecule has 0 aliphatic carbocycles. The summed E-state index contributed by atoms with van der Waals surface area (Å²) in [6, 6.07) is 0.189. The van der Waals surface area contributed by atoms with E-state index in [-0.39, 0.29) is 17.9 Å². The second kappa shape index (κ2) is 7.22. The molecule has 0 saturated carbocycles. The zero-order chi connectivity index (χ0) is 13.7. The van der Waals surface area contributed by atoms with E-state index in [2.05, 4.69) is 12.2 Å². The van der Waals surface area contributed by atoms with Gasteiger partial charge >= 0.3 is 0 Å². The minimum absolute atomic E-state index is 0.00663. The van der Waals surface area contributed by atoms with Gasteiger partial charge in [0.05, 0.1) is 25.7 Å². The Balaban J connectivity index is 1.85. The zero-order valence-electron chi connectivity index (χ0n) is 12.1. The van der Waals surface area contributed by atoms with Crippen LogP contribution in [-0.4, -0.2) is 63.4 Å². The van der Waals surface area contributed by atoms with E-state index in [1.165, 1.54) is 0 Å². The van der Waals surface area contributed by atoms with Crippen molar-refractivity contribution in [2.75, 3.05) is 46.6 Å². The van der Waals surface area contributed by atoms with E-state index in [1.54, 1.807) is 7.11 Å². The van der Waals surface area contributed by atoms with Crippen LogP contribution >= 0.6 is 0 Å². The molecule has 0 bridgehead atoms. The molecule has 1 N–H and O–H groups in total. The Morgan fingerprint density at radius 3 is 3.05 bits per heavy atom. The highest BCUT2D eigenvalue weighted by molar-refractivity contribution is 5.80. The van der Waals surface area contributed by atoms with E-state index < -0.39 is 0 Å². The molecular weight excluding hydrogens is 244 g/mol. The maximum absolute atomic E-state index is 12.5. The first-order chi connectivity index (χ1) is 9.26. The lowest BCUT2D eigenvalue weighted by Gasteiger charge is -2.24. The third-order valence-electron chi connectivity index (χ3n) is 4.05. The van der Waals surface area contributed by atoms with Crippen molar-refractivity contribution >= 4 is 5.91 Å². The van der Waals surface area contributed by atoms with Crippen LogP contribution in [0.4, 0.5) is 0 Å². The van der Waals surface area contributed by atoms with Crippen molar-refractivity contribution in [1.29, 1.82) is 0 Å². The first-order valence-corrected chi connectivity index (χ1v) is 7.35. The van der Waals surface area contributed by atoms with E-state index >= 15 is 0 Å². The summed E-state index contributed by atoms with van der Waals surface area (Å²) in [4.78, 5) is 14.5. The van der Waals surface area contributed by atoms with Crippen molar-refractivity contribution < 1.29 is 14.3 Å². The van der Waals surface area contributed by atoms with Gasteiger partial charge in [0.25, 0.3) is 0 Å². The highest BCUT2D eigenvalue weighted by Crippen LogP contribution is 2.22. The molecule has 0 spiro atoms. The van der Waals surface area contributed by atoms with E-state index in [0.29, 0.717) is 19.1 Å². The monoisotopic (exact) mass is 270 g/mol. The molecule has 110 valence electrons. The number of nitrogens with zero attached hydrogens (tertiary/aromatic N) is 1. The van der Waals surface area contributed by atoms with Crippen LogP contribution in [-0.2, 0) is 14.3 Å². The topological polar surface area (TPSA) is 50.8 Å². The van der Waals surface area contributed by atoms with Crippen LogP contribution < -0.4 is 5.32 Å². The van der Waals surface area contributed by atoms with Gasteiger partial charge in [-0.2, -0.15) is 0 Å². The largest absolute Gasteiger partial charge is 0.384 e. The van der Waals surface area contributed by atoms with E-state index in [4.69, 9.17) is 9.47 Å². The minimum Gasteiger partial charge on any atom is -0.384 e. The summed E-state index contributed by atoms with van der Waals surface area (Å²) in [5, 5.41) is 3.42. The SMILES string of the molecule is CCCNC1COCC1C(=O)N1CCC(COC)C1. The first-order valence-electron chi connectivity index (χ1n) is 7.35. The van der Waals surface area contributed by atoms with Crippen LogP contribution in [0, 0.1) is 11.8 Å². The molecule has 0 aromatic heterocycles. The normalized spacial score (nSPS) is 31.1. The molecule has 3 unspecified atom stereocenters. The summed E-state index contributed by atoms with van der Waals surface area (Å²) in [6.07, 6.45) is 2.14. The molecule has 0 aromatic carbocycles. The van der Waals surface area contributed by atoms with Crippen molar-refractivity contribution in [2.24, 2.45) is 11.8 Å². The number of hydrogen-bond acceptors (Lipinski definition) is 4. The second-order valence-corrected chi connectivity index (χ2v) is 5.60. The number of methoxy groups -OCH3 is 1. The Labute approximate surface area is 115 Å². The highest BCUT2D eigenvalue weighted by atomic mass is 16.5. The van der Waals surface area contributed by atoms with Crippen molar-refractivity contribution in [3.05, 3.63) is 0 Å². The summed E-state index contributed by atoms with van der Waals surface area (Å²) in [5.41, 5.74) is 0. The number of nitrogens with one attached hydrogen (secondary N) is 1. The third-order valence-corrected chi connectivity index (χ3v) is 4.05. The Kier molecular flexibility index (Phi) is 5.60. The van der Waals surface area contributed by atoms with E-state index in [0.717, 1.165) is 39.1 Å². The number of ether oxygens (including phenoxy) is 2. The zero-order valence-corrected chi connectivity index (χ0v) is 12.1. The Bertz CT molecular complexity index is 298. The number of carbonyl (C=O) groups excluding carboxylic acids is 1. The van der Waals surface area contributed by atoms with Gasteiger partial charge in [0.2, 0.25) is 5.91 Å². The van der Waals surface area contributed by atoms with Gasteiger partial charge in [-0.05, 0) is 19.4 Å². The predicted molar refractivity (Wildman–Crippen MR) is 73.0 cm³/mol. The molecule has 0 aromatic rings. The van der Waals surface area contributed by atoms with Crippen LogP contribution in [0.5, 0.6) is 0 Å². The fraction of sp³-hybridized carbons (Fsp3) is 0.929. The summed E-state index contributed by atoms with van der Waals surface area (Å²) < 4.78 is 10.7. The van der Waals surface area contributed by atoms with Gasteiger partial charge < -0.3 is 19.7 Å². The summed E-state index contributed by atoms with van der Waals surface area (Å²) in [6.45, 7) is 6.76. The van der Waals surface area contributed by atoms with Crippen molar-refractivity contribution in [3.8, 4) is 0 Å². The van der Waals surface area contributed by atoms with Crippen molar-refractivity contribution in [3.63, 3.8) is 0 Å². The first kappa shape index (κ1) is 14.8. The number of amides is 1. The smallest absolute Gasteiger partial charge is 0.229 e. The molecule has 2 rings (SSSR count). The lowest BCUT2D eigenvalue weighted by molar-refractivity contribution is -0.135. The van der Waals surface area contributed by atoms with Crippen molar-refractivity contribution in [1.82, 2.24) is 10.2 Å². The van der Waals surface area contributed by atoms with Gasteiger partial charge in [-0.3, -0.25) is 4.79 Å². The lowest BCUT2D eigenvalue weighted by Crippen LogP contribution is -2.45. The van der Waals surface area contributed by atoms with Crippen LogP contribution in [0.2, 0.25) is 0 Å². The van der Waals surface area contributed by atoms with Crippen LogP contribution in [0.25, 0.3) is 0 Å². The molecule has 19 heavy (non-hydrogen) atoms. The van der Waals surface area contributed by atoms with Crippen LogP contribution in [0.3, 0.4) is 0 Å². The standard InChI is InChI=1S/C14H26N2O3/c1-3-5-15-13-10-19-9-12(13)14(17)16-6-4-11(7-16)8-18-2/h11-13,15H,3-10H2,1-2H3. The molecule has 2 aliphatic heterocycles. The Morgan fingerprint density at radius 2 is 2.32 bits per heavy atom. The summed E-state index contributed by atoms with van der Waals surface area (Å²) in [7, 11) is 1.72. The molecule has 5 nitrogen and oxygen atoms in total. The van der Waals surface area contributed by atoms with Gasteiger partial charge in [0, 0.05) is 32.2 Å². The maximum Gasteiger partial charge on any atom is 0.229 e. The van der Waals surface area contributed by atoms with Crippen LogP contribution in [0.15, 0.2) is 0 Å². The molecule has 0 radical (unpaired) electrons. The molecule has 2 saturated heterocycles. The predicted octanol–water partition coefficient (Wildman–Crippen LogP) is 0.496. The third kappa shape index (κ3) is 3.68. The van der Waals surface area contributed by atoms with Gasteiger partial charge in [-0.1, -0.05) is 6.92 Å². The van der Waals surface area contributed by atoms with E-state index in [1.807, 2.05) is 4.90 Å². The number of carbonyl (C=O) groups is 1. The Hall–Kier alpha value is -0.650. The average molecular weight is 270 g/mol. The molecule has 3 atom stereocenters. The average Bonchev–Trinajstić information content (AvgIpc) is 3.04. The molecule has 2 fully saturated rings. The molecule has 5 heteroatoms. The van der Waals surface area contributed by atoms with E-state index in [9.17, 15) is 4.79 Å². The molecular formula is C14H26N2O3.